The standard InChI is InChI=1S/C34H37NO2P2/c1-33(2,3)37-32(36)35-25-30(39(28-20-12-6-13-21-28)29-22-14-7-15-23-29)24-31(35)34(38,26-16-8-4-9-17-26)27-18-10-5-11-19-27/h4-23,30-31H,24-25,38H2,1-3H3/t30-,31-/m0/s1. The van der Waals surface area contributed by atoms with Crippen LogP contribution in [0.2, 0.25) is 0 Å². The van der Waals surface area contributed by atoms with Gasteiger partial charge >= 0.3 is 6.09 Å². The van der Waals surface area contributed by atoms with Gasteiger partial charge in [0.05, 0.1) is 11.2 Å². The average Bonchev–Trinajstić information content (AvgIpc) is 3.40. The Morgan fingerprint density at radius 3 is 1.56 bits per heavy atom. The molecule has 5 heteroatoms. The SMILES string of the molecule is CC(C)(C)OC(=O)N1C[C@@H](P(c2ccccc2)c2ccccc2)C[C@H]1C(P)(c1ccccc1)c1ccccc1. The summed E-state index contributed by atoms with van der Waals surface area (Å²) in [7, 11) is 2.47. The fourth-order valence-electron chi connectivity index (χ4n) is 5.68. The van der Waals surface area contributed by atoms with Gasteiger partial charge < -0.3 is 9.64 Å². The molecule has 1 fully saturated rings. The summed E-state index contributed by atoms with van der Waals surface area (Å²) < 4.78 is 6.04. The maximum Gasteiger partial charge on any atom is 0.410 e. The number of ether oxygens (including phenoxy) is 1. The molecule has 3 atom stereocenters. The van der Waals surface area contributed by atoms with E-state index in [2.05, 4.69) is 118 Å². The van der Waals surface area contributed by atoms with Gasteiger partial charge in [-0.15, -0.1) is 9.24 Å². The first kappa shape index (κ1) is 27.6. The number of hydrogen-bond acceptors (Lipinski definition) is 2. The molecule has 0 aromatic heterocycles. The molecule has 0 bridgehead atoms. The molecule has 1 aliphatic rings. The maximum absolute atomic E-state index is 13.9. The Morgan fingerprint density at radius 2 is 1.15 bits per heavy atom. The number of carbonyl (C=O) groups is 1. The molecule has 1 aliphatic heterocycles. The fourth-order valence-corrected chi connectivity index (χ4v) is 9.26. The zero-order chi connectivity index (χ0) is 27.5. The average molecular weight is 554 g/mol. The Bertz CT molecular complexity index is 1280. The molecule has 0 radical (unpaired) electrons. The van der Waals surface area contributed by atoms with E-state index in [4.69, 9.17) is 4.74 Å². The van der Waals surface area contributed by atoms with Crippen LogP contribution in [0.3, 0.4) is 0 Å². The Labute approximate surface area is 236 Å². The Kier molecular flexibility index (Phi) is 8.22. The van der Waals surface area contributed by atoms with Crippen LogP contribution in [0, 0.1) is 0 Å². The van der Waals surface area contributed by atoms with Gasteiger partial charge in [0.25, 0.3) is 0 Å². The van der Waals surface area contributed by atoms with Gasteiger partial charge in [0.15, 0.2) is 0 Å². The molecule has 4 aromatic rings. The topological polar surface area (TPSA) is 29.5 Å². The molecular formula is C34H37NO2P2. The fraction of sp³-hybridized carbons (Fsp3) is 0.265. The lowest BCUT2D eigenvalue weighted by atomic mass is 9.82. The van der Waals surface area contributed by atoms with Crippen LogP contribution in [0.5, 0.6) is 0 Å². The summed E-state index contributed by atoms with van der Waals surface area (Å²) >= 11 is 0. The number of carbonyl (C=O) groups excluding carboxylic acids is 1. The number of nitrogens with zero attached hydrogens (tertiary/aromatic N) is 1. The molecule has 1 unspecified atom stereocenters. The van der Waals surface area contributed by atoms with Crippen LogP contribution < -0.4 is 10.6 Å². The predicted molar refractivity (Wildman–Crippen MR) is 168 cm³/mol. The van der Waals surface area contributed by atoms with Crippen LogP contribution in [-0.4, -0.2) is 34.8 Å². The molecule has 200 valence electrons. The summed E-state index contributed by atoms with van der Waals surface area (Å²) in [5, 5.41) is 2.17. The molecule has 0 N–H and O–H groups in total. The highest BCUT2D eigenvalue weighted by atomic mass is 31.1. The summed E-state index contributed by atoms with van der Waals surface area (Å²) in [5.41, 5.74) is 2.04. The molecule has 5 rings (SSSR count). The smallest absolute Gasteiger partial charge is 0.410 e. The molecule has 0 saturated carbocycles. The molecule has 1 saturated heterocycles. The van der Waals surface area contributed by atoms with Crippen molar-refractivity contribution >= 4 is 33.9 Å². The first-order valence-electron chi connectivity index (χ1n) is 13.6. The third-order valence-corrected chi connectivity index (χ3v) is 11.2. The van der Waals surface area contributed by atoms with Crippen molar-refractivity contribution < 1.29 is 9.53 Å². The summed E-state index contributed by atoms with van der Waals surface area (Å²) in [6.07, 6.45) is 0.618. The highest BCUT2D eigenvalue weighted by molar-refractivity contribution is 7.73. The number of hydrogen-bond donors (Lipinski definition) is 0. The van der Waals surface area contributed by atoms with Crippen LogP contribution in [0.25, 0.3) is 0 Å². The summed E-state index contributed by atoms with van der Waals surface area (Å²) in [6.45, 7) is 6.47. The zero-order valence-electron chi connectivity index (χ0n) is 22.9. The molecule has 1 amide bonds. The molecule has 0 spiro atoms. The normalized spacial score (nSPS) is 17.8. The first-order chi connectivity index (χ1) is 18.8. The van der Waals surface area contributed by atoms with Gasteiger partial charge in [0.2, 0.25) is 0 Å². The van der Waals surface area contributed by atoms with Crippen molar-refractivity contribution in [3.63, 3.8) is 0 Å². The van der Waals surface area contributed by atoms with Gasteiger partial charge in [-0.2, -0.15) is 0 Å². The quantitative estimate of drug-likeness (QED) is 0.234. The van der Waals surface area contributed by atoms with Gasteiger partial charge in [-0.1, -0.05) is 121 Å². The Balaban J connectivity index is 1.64. The zero-order valence-corrected chi connectivity index (χ0v) is 25.0. The van der Waals surface area contributed by atoms with E-state index >= 15 is 0 Å². The van der Waals surface area contributed by atoms with Gasteiger partial charge in [-0.3, -0.25) is 0 Å². The van der Waals surface area contributed by atoms with Crippen molar-refractivity contribution in [3.8, 4) is 0 Å². The molecular weight excluding hydrogens is 516 g/mol. The van der Waals surface area contributed by atoms with Gasteiger partial charge in [0, 0.05) is 12.2 Å². The molecule has 3 nitrogen and oxygen atoms in total. The second-order valence-corrected chi connectivity index (χ2v) is 14.6. The summed E-state index contributed by atoms with van der Waals surface area (Å²) in [5.74, 6) is 0. The van der Waals surface area contributed by atoms with Gasteiger partial charge in [-0.25, -0.2) is 4.79 Å². The van der Waals surface area contributed by atoms with Crippen LogP contribution in [-0.2, 0) is 9.89 Å². The highest BCUT2D eigenvalue weighted by Gasteiger charge is 2.51. The Hall–Kier alpha value is -2.99. The second-order valence-electron chi connectivity index (χ2n) is 11.2. The number of rotatable bonds is 6. The van der Waals surface area contributed by atoms with E-state index in [0.29, 0.717) is 6.54 Å². The minimum Gasteiger partial charge on any atom is -0.444 e. The van der Waals surface area contributed by atoms with E-state index in [1.54, 1.807) is 0 Å². The van der Waals surface area contributed by atoms with Crippen LogP contribution in [0.15, 0.2) is 121 Å². The van der Waals surface area contributed by atoms with Crippen LogP contribution in [0.4, 0.5) is 4.79 Å². The Morgan fingerprint density at radius 1 is 0.744 bits per heavy atom. The van der Waals surface area contributed by atoms with Crippen molar-refractivity contribution in [2.75, 3.05) is 6.54 Å². The number of benzene rings is 4. The van der Waals surface area contributed by atoms with E-state index in [0.717, 1.165) is 6.42 Å². The van der Waals surface area contributed by atoms with Crippen molar-refractivity contribution in [2.24, 2.45) is 0 Å². The molecule has 4 aromatic carbocycles. The monoisotopic (exact) mass is 553 g/mol. The van der Waals surface area contributed by atoms with E-state index in [1.807, 2.05) is 37.8 Å². The third kappa shape index (κ3) is 5.96. The van der Waals surface area contributed by atoms with Crippen LogP contribution in [0.1, 0.15) is 38.3 Å². The van der Waals surface area contributed by atoms with E-state index < -0.39 is 18.7 Å². The van der Waals surface area contributed by atoms with Crippen molar-refractivity contribution in [3.05, 3.63) is 132 Å². The van der Waals surface area contributed by atoms with Gasteiger partial charge in [0.1, 0.15) is 5.60 Å². The van der Waals surface area contributed by atoms with Crippen molar-refractivity contribution in [1.29, 1.82) is 0 Å². The predicted octanol–water partition coefficient (Wildman–Crippen LogP) is 7.32. The maximum atomic E-state index is 13.9. The summed E-state index contributed by atoms with van der Waals surface area (Å²) in [6, 6.07) is 42.7. The summed E-state index contributed by atoms with van der Waals surface area (Å²) in [4.78, 5) is 15.9. The van der Waals surface area contributed by atoms with E-state index in [9.17, 15) is 4.79 Å². The third-order valence-electron chi connectivity index (χ3n) is 7.37. The molecule has 1 heterocycles. The second kappa shape index (κ2) is 11.6. The number of likely N-dealkylation sites (tertiary alicyclic amines) is 1. The van der Waals surface area contributed by atoms with E-state index in [-0.39, 0.29) is 17.8 Å². The largest absolute Gasteiger partial charge is 0.444 e. The van der Waals surface area contributed by atoms with Gasteiger partial charge in [-0.05, 0) is 56.8 Å². The molecule has 39 heavy (non-hydrogen) atoms. The first-order valence-corrected chi connectivity index (χ1v) is 15.5. The minimum absolute atomic E-state index is 0.107. The van der Waals surface area contributed by atoms with Crippen LogP contribution >= 0.6 is 17.2 Å². The lowest BCUT2D eigenvalue weighted by Gasteiger charge is -2.41. The molecule has 0 aliphatic carbocycles. The lowest BCUT2D eigenvalue weighted by Crippen LogP contribution is -2.48. The van der Waals surface area contributed by atoms with Crippen molar-refractivity contribution in [1.82, 2.24) is 4.90 Å². The lowest BCUT2D eigenvalue weighted by molar-refractivity contribution is 0.0204. The number of amides is 1. The minimum atomic E-state index is -0.707. The van der Waals surface area contributed by atoms with Crippen molar-refractivity contribution in [2.45, 2.75) is 49.6 Å². The van der Waals surface area contributed by atoms with E-state index in [1.165, 1.54) is 21.7 Å². The highest BCUT2D eigenvalue weighted by Crippen LogP contribution is 2.53.